The Labute approximate surface area is 197 Å². The van der Waals surface area contributed by atoms with Crippen LogP contribution >= 0.6 is 22.9 Å². The second-order valence-electron chi connectivity index (χ2n) is 7.92. The van der Waals surface area contributed by atoms with Crippen LogP contribution < -0.4 is 16.6 Å². The van der Waals surface area contributed by atoms with Crippen LogP contribution in [0.5, 0.6) is 0 Å². The molecule has 1 aliphatic heterocycles. The molecule has 0 bridgehead atoms. The molecule has 1 amide bonds. The Morgan fingerprint density at radius 3 is 2.85 bits per heavy atom. The van der Waals surface area contributed by atoms with Crippen molar-refractivity contribution < 1.29 is 9.53 Å². The Morgan fingerprint density at radius 2 is 2.06 bits per heavy atom. The molecule has 10 heteroatoms. The third-order valence-electron chi connectivity index (χ3n) is 5.76. The predicted molar refractivity (Wildman–Crippen MR) is 128 cm³/mol. The first-order valence-corrected chi connectivity index (χ1v) is 11.8. The van der Waals surface area contributed by atoms with E-state index in [0.29, 0.717) is 32.1 Å². The second-order valence-corrected chi connectivity index (χ2v) is 9.33. The lowest BCUT2D eigenvalue weighted by Gasteiger charge is -2.15. The number of hydrogen-bond donors (Lipinski definition) is 1. The minimum atomic E-state index is -0.528. The van der Waals surface area contributed by atoms with E-state index < -0.39 is 5.69 Å². The molecule has 4 heterocycles. The molecule has 1 unspecified atom stereocenters. The molecule has 0 aliphatic carbocycles. The van der Waals surface area contributed by atoms with Crippen molar-refractivity contribution >= 4 is 49.3 Å². The number of aromatic nitrogens is 3. The summed E-state index contributed by atoms with van der Waals surface area (Å²) in [7, 11) is 0. The summed E-state index contributed by atoms with van der Waals surface area (Å²) in [5, 5.41) is 4.05. The maximum absolute atomic E-state index is 13.5. The van der Waals surface area contributed by atoms with Gasteiger partial charge >= 0.3 is 5.69 Å². The fourth-order valence-electron chi connectivity index (χ4n) is 4.12. The van der Waals surface area contributed by atoms with Gasteiger partial charge in [0.05, 0.1) is 18.2 Å². The number of carbonyl (C=O) groups is 1. The third-order valence-corrected chi connectivity index (χ3v) is 7.22. The number of thiophene rings is 1. The van der Waals surface area contributed by atoms with Gasteiger partial charge in [0.1, 0.15) is 16.1 Å². The van der Waals surface area contributed by atoms with Crippen LogP contribution in [-0.4, -0.2) is 32.7 Å². The van der Waals surface area contributed by atoms with Gasteiger partial charge in [-0.3, -0.25) is 18.7 Å². The van der Waals surface area contributed by atoms with E-state index in [2.05, 4.69) is 10.3 Å². The maximum atomic E-state index is 13.5. The maximum Gasteiger partial charge on any atom is 0.332 e. The Hall–Kier alpha value is -3.01. The largest absolute Gasteiger partial charge is 0.376 e. The quantitative estimate of drug-likeness (QED) is 0.454. The lowest BCUT2D eigenvalue weighted by Crippen LogP contribution is -2.44. The molecule has 1 saturated heterocycles. The van der Waals surface area contributed by atoms with Gasteiger partial charge in [-0.2, -0.15) is 0 Å². The molecule has 0 radical (unpaired) electrons. The fourth-order valence-corrected chi connectivity index (χ4v) is 5.42. The number of ether oxygens (including phenoxy) is 1. The molecular weight excluding hydrogens is 464 g/mol. The highest BCUT2D eigenvalue weighted by Gasteiger charge is 2.23. The molecule has 1 fully saturated rings. The average molecular weight is 485 g/mol. The molecule has 0 saturated carbocycles. The van der Waals surface area contributed by atoms with Crippen LogP contribution in [0.2, 0.25) is 5.02 Å². The van der Waals surface area contributed by atoms with E-state index in [0.717, 1.165) is 18.4 Å². The SMILES string of the molecule is O=C(Cn1c(=O)n(CC2CCCO2)c(=O)c2sc3ncccc3c21)NCc1ccccc1Cl. The predicted octanol–water partition coefficient (Wildman–Crippen LogP) is 2.92. The Kier molecular flexibility index (Phi) is 6.01. The van der Waals surface area contributed by atoms with Gasteiger partial charge in [-0.25, -0.2) is 9.78 Å². The molecule has 3 aromatic heterocycles. The molecule has 8 nitrogen and oxygen atoms in total. The van der Waals surface area contributed by atoms with Crippen LogP contribution in [-0.2, 0) is 29.2 Å². The molecule has 0 spiro atoms. The first-order valence-electron chi connectivity index (χ1n) is 10.7. The first-order chi connectivity index (χ1) is 16.0. The molecule has 4 aromatic rings. The number of fused-ring (bicyclic) bond motifs is 3. The standard InChI is InChI=1S/C23H21ClN4O4S/c24-17-8-2-1-5-14(17)11-26-18(29)13-27-19-16-7-3-9-25-21(16)33-20(19)22(30)28(23(27)31)12-15-6-4-10-32-15/h1-3,5,7-9,15H,4,6,10-13H2,(H,26,29). The lowest BCUT2D eigenvalue weighted by molar-refractivity contribution is -0.121. The average Bonchev–Trinajstić information content (AvgIpc) is 3.47. The highest BCUT2D eigenvalue weighted by atomic mass is 35.5. The van der Waals surface area contributed by atoms with Crippen molar-refractivity contribution in [2.24, 2.45) is 0 Å². The highest BCUT2D eigenvalue weighted by molar-refractivity contribution is 7.25. The Bertz CT molecular complexity index is 1470. The first kappa shape index (κ1) is 21.8. The molecular formula is C23H21ClN4O4S. The zero-order valence-electron chi connectivity index (χ0n) is 17.6. The number of halogens is 1. The van der Waals surface area contributed by atoms with Gasteiger partial charge in [0, 0.05) is 29.8 Å². The molecule has 1 aromatic carbocycles. The summed E-state index contributed by atoms with van der Waals surface area (Å²) in [6.07, 6.45) is 3.13. The van der Waals surface area contributed by atoms with Gasteiger partial charge in [-0.05, 0) is 36.6 Å². The smallest absolute Gasteiger partial charge is 0.332 e. The van der Waals surface area contributed by atoms with E-state index in [4.69, 9.17) is 16.3 Å². The number of nitrogens with one attached hydrogen (secondary N) is 1. The molecule has 1 aliphatic rings. The van der Waals surface area contributed by atoms with Crippen molar-refractivity contribution in [1.29, 1.82) is 0 Å². The van der Waals surface area contributed by atoms with Crippen LogP contribution in [0.3, 0.4) is 0 Å². The molecule has 1 N–H and O–H groups in total. The second kappa shape index (κ2) is 9.09. The van der Waals surface area contributed by atoms with Gasteiger partial charge in [-0.15, -0.1) is 11.3 Å². The molecule has 1 atom stereocenters. The summed E-state index contributed by atoms with van der Waals surface area (Å²) in [6.45, 7) is 0.786. The number of benzene rings is 1. The summed E-state index contributed by atoms with van der Waals surface area (Å²) in [6, 6.07) is 10.8. The van der Waals surface area contributed by atoms with Gasteiger partial charge in [0.25, 0.3) is 5.56 Å². The topological polar surface area (TPSA) is 95.2 Å². The zero-order valence-corrected chi connectivity index (χ0v) is 19.2. The van der Waals surface area contributed by atoms with Crippen molar-refractivity contribution in [2.75, 3.05) is 6.61 Å². The van der Waals surface area contributed by atoms with Crippen molar-refractivity contribution in [2.45, 2.75) is 38.6 Å². The Morgan fingerprint density at radius 1 is 1.21 bits per heavy atom. The van der Waals surface area contributed by atoms with Crippen LogP contribution in [0.1, 0.15) is 18.4 Å². The van der Waals surface area contributed by atoms with Crippen LogP contribution in [0, 0.1) is 0 Å². The third kappa shape index (κ3) is 4.19. The highest BCUT2D eigenvalue weighted by Crippen LogP contribution is 2.29. The van der Waals surface area contributed by atoms with Crippen molar-refractivity contribution in [3.05, 3.63) is 74.0 Å². The number of nitrogens with zero attached hydrogens (tertiary/aromatic N) is 3. The monoisotopic (exact) mass is 484 g/mol. The van der Waals surface area contributed by atoms with Gasteiger partial charge in [0.15, 0.2) is 0 Å². The number of carbonyl (C=O) groups excluding carboxylic acids is 1. The van der Waals surface area contributed by atoms with E-state index in [9.17, 15) is 14.4 Å². The summed E-state index contributed by atoms with van der Waals surface area (Å²) >= 11 is 7.41. The summed E-state index contributed by atoms with van der Waals surface area (Å²) in [5.74, 6) is -0.358. The summed E-state index contributed by atoms with van der Waals surface area (Å²) in [4.78, 5) is 44.5. The van der Waals surface area contributed by atoms with E-state index in [1.165, 1.54) is 20.5 Å². The van der Waals surface area contributed by atoms with Gasteiger partial charge in [0.2, 0.25) is 5.91 Å². The van der Waals surface area contributed by atoms with Crippen LogP contribution in [0.4, 0.5) is 0 Å². The summed E-state index contributed by atoms with van der Waals surface area (Å²) in [5.41, 5.74) is 0.314. The summed E-state index contributed by atoms with van der Waals surface area (Å²) < 4.78 is 8.61. The number of pyridine rings is 1. The lowest BCUT2D eigenvalue weighted by atomic mass is 10.2. The van der Waals surface area contributed by atoms with E-state index in [-0.39, 0.29) is 37.2 Å². The Balaban J connectivity index is 1.55. The van der Waals surface area contributed by atoms with Gasteiger partial charge in [-0.1, -0.05) is 29.8 Å². The van der Waals surface area contributed by atoms with Crippen LogP contribution in [0.15, 0.2) is 52.2 Å². The van der Waals surface area contributed by atoms with E-state index in [1.54, 1.807) is 18.3 Å². The zero-order chi connectivity index (χ0) is 22.9. The fraction of sp³-hybridized carbons (Fsp3) is 0.304. The minimum absolute atomic E-state index is 0.163. The normalized spacial score (nSPS) is 16.0. The molecule has 170 valence electrons. The van der Waals surface area contributed by atoms with E-state index >= 15 is 0 Å². The van der Waals surface area contributed by atoms with Crippen molar-refractivity contribution in [3.8, 4) is 0 Å². The number of rotatable bonds is 6. The van der Waals surface area contributed by atoms with E-state index in [1.807, 2.05) is 24.3 Å². The van der Waals surface area contributed by atoms with Crippen molar-refractivity contribution in [1.82, 2.24) is 19.4 Å². The number of hydrogen-bond acceptors (Lipinski definition) is 6. The van der Waals surface area contributed by atoms with Crippen molar-refractivity contribution in [3.63, 3.8) is 0 Å². The molecule has 5 rings (SSSR count). The molecule has 33 heavy (non-hydrogen) atoms. The van der Waals surface area contributed by atoms with Gasteiger partial charge < -0.3 is 10.1 Å². The van der Waals surface area contributed by atoms with Crippen LogP contribution in [0.25, 0.3) is 20.4 Å². The minimum Gasteiger partial charge on any atom is -0.376 e. The number of amides is 1.